The van der Waals surface area contributed by atoms with Crippen LogP contribution in [0.2, 0.25) is 0 Å². The monoisotopic (exact) mass is 151 g/mol. The summed E-state index contributed by atoms with van der Waals surface area (Å²) in [5.41, 5.74) is 0. The zero-order valence-corrected chi connectivity index (χ0v) is 7.05. The number of hydrogen-bond acceptors (Lipinski definition) is 1. The van der Waals surface area contributed by atoms with Crippen LogP contribution in [-0.4, -0.2) is 12.6 Å². The molecule has 0 bridgehead atoms. The summed E-state index contributed by atoms with van der Waals surface area (Å²) in [6.07, 6.45) is 7.59. The molecule has 11 heavy (non-hydrogen) atoms. The molecule has 1 aliphatic heterocycles. The van der Waals surface area contributed by atoms with Crippen LogP contribution in [0.25, 0.3) is 0 Å². The normalized spacial score (nSPS) is 44.7. The summed E-state index contributed by atoms with van der Waals surface area (Å²) in [5, 5.41) is 3.69. The fourth-order valence-corrected chi connectivity index (χ4v) is 2.58. The van der Waals surface area contributed by atoms with Gasteiger partial charge in [0.05, 0.1) is 0 Å². The Kier molecular flexibility index (Phi) is 1.31. The van der Waals surface area contributed by atoms with E-state index >= 15 is 0 Å². The van der Waals surface area contributed by atoms with Gasteiger partial charge in [0.1, 0.15) is 0 Å². The van der Waals surface area contributed by atoms with Gasteiger partial charge in [0.25, 0.3) is 0 Å². The van der Waals surface area contributed by atoms with Crippen LogP contribution in [0.4, 0.5) is 0 Å². The van der Waals surface area contributed by atoms with Crippen molar-refractivity contribution in [3.63, 3.8) is 0 Å². The van der Waals surface area contributed by atoms with Crippen LogP contribution < -0.4 is 5.32 Å². The van der Waals surface area contributed by atoms with Gasteiger partial charge < -0.3 is 5.32 Å². The van der Waals surface area contributed by atoms with Gasteiger partial charge in [-0.15, -0.1) is 0 Å². The Morgan fingerprint density at radius 2 is 1.55 bits per heavy atom. The maximum atomic E-state index is 3.69. The molecule has 0 aromatic heterocycles. The Bertz CT molecular complexity index is 140. The van der Waals surface area contributed by atoms with Crippen molar-refractivity contribution in [2.75, 3.05) is 6.54 Å². The van der Waals surface area contributed by atoms with E-state index in [4.69, 9.17) is 0 Å². The first kappa shape index (κ1) is 6.47. The highest BCUT2D eigenvalue weighted by atomic mass is 15.0. The van der Waals surface area contributed by atoms with Crippen molar-refractivity contribution in [3.8, 4) is 0 Å². The van der Waals surface area contributed by atoms with Gasteiger partial charge >= 0.3 is 0 Å². The Balaban J connectivity index is 1.58. The third-order valence-corrected chi connectivity index (χ3v) is 3.68. The zero-order chi connectivity index (χ0) is 7.26. The maximum Gasteiger partial charge on any atom is 0.00986 e. The number of nitrogens with one attached hydrogen (secondary N) is 1. The molecule has 0 aromatic rings. The topological polar surface area (TPSA) is 12.0 Å². The van der Waals surface area contributed by atoms with Crippen molar-refractivity contribution in [2.45, 2.75) is 38.1 Å². The molecule has 1 nitrogen and oxygen atoms in total. The summed E-state index contributed by atoms with van der Waals surface area (Å²) in [6.45, 7) is 1.34. The van der Waals surface area contributed by atoms with E-state index in [-0.39, 0.29) is 0 Å². The molecule has 3 fully saturated rings. The van der Waals surface area contributed by atoms with Crippen molar-refractivity contribution in [3.05, 3.63) is 0 Å². The quantitative estimate of drug-likeness (QED) is 0.634. The highest BCUT2D eigenvalue weighted by Gasteiger charge is 2.41. The lowest BCUT2D eigenvalue weighted by molar-refractivity contribution is 0.475. The lowest BCUT2D eigenvalue weighted by atomic mass is 9.98. The summed E-state index contributed by atoms with van der Waals surface area (Å²) in [6, 6.07) is 0.931. The van der Waals surface area contributed by atoms with Crippen LogP contribution >= 0.6 is 0 Å². The van der Waals surface area contributed by atoms with Gasteiger partial charge in [-0.25, -0.2) is 0 Å². The van der Waals surface area contributed by atoms with E-state index in [9.17, 15) is 0 Å². The molecule has 2 saturated carbocycles. The second kappa shape index (κ2) is 2.22. The molecule has 3 aliphatic rings. The Morgan fingerprint density at radius 3 is 2.18 bits per heavy atom. The highest BCUT2D eigenvalue weighted by Crippen LogP contribution is 2.45. The van der Waals surface area contributed by atoms with Crippen molar-refractivity contribution >= 4 is 0 Å². The molecule has 0 radical (unpaired) electrons. The van der Waals surface area contributed by atoms with Crippen LogP contribution in [0.1, 0.15) is 32.1 Å². The molecular formula is C10H17N. The summed E-state index contributed by atoms with van der Waals surface area (Å²) < 4.78 is 0. The smallest absolute Gasteiger partial charge is 0.00986 e. The average Bonchev–Trinajstić information content (AvgIpc) is 2.90. The minimum absolute atomic E-state index is 0.931. The molecule has 0 unspecified atom stereocenters. The molecule has 0 spiro atoms. The third-order valence-electron chi connectivity index (χ3n) is 3.68. The van der Waals surface area contributed by atoms with Crippen LogP contribution in [0.3, 0.4) is 0 Å². The van der Waals surface area contributed by atoms with Crippen molar-refractivity contribution in [2.24, 2.45) is 17.8 Å². The predicted molar refractivity (Wildman–Crippen MR) is 45.3 cm³/mol. The van der Waals surface area contributed by atoms with Crippen molar-refractivity contribution in [1.82, 2.24) is 5.32 Å². The van der Waals surface area contributed by atoms with E-state index in [1.165, 1.54) is 38.6 Å². The molecule has 0 aromatic carbocycles. The summed E-state index contributed by atoms with van der Waals surface area (Å²) in [7, 11) is 0. The van der Waals surface area contributed by atoms with Crippen LogP contribution in [0.5, 0.6) is 0 Å². The van der Waals surface area contributed by atoms with Gasteiger partial charge in [0, 0.05) is 6.04 Å². The number of hydrogen-bond donors (Lipinski definition) is 1. The van der Waals surface area contributed by atoms with E-state index in [0.29, 0.717) is 0 Å². The largest absolute Gasteiger partial charge is 0.313 e. The van der Waals surface area contributed by atoms with Gasteiger partial charge in [0.2, 0.25) is 0 Å². The van der Waals surface area contributed by atoms with Gasteiger partial charge in [-0.1, -0.05) is 0 Å². The Morgan fingerprint density at radius 1 is 0.818 bits per heavy atom. The first-order valence-electron chi connectivity index (χ1n) is 5.17. The van der Waals surface area contributed by atoms with Crippen LogP contribution in [-0.2, 0) is 0 Å². The Labute approximate surface area is 68.6 Å². The molecule has 62 valence electrons. The van der Waals surface area contributed by atoms with Gasteiger partial charge in [0.15, 0.2) is 0 Å². The fraction of sp³-hybridized carbons (Fsp3) is 1.00. The van der Waals surface area contributed by atoms with E-state index in [1.54, 1.807) is 0 Å². The third kappa shape index (κ3) is 1.20. The highest BCUT2D eigenvalue weighted by molar-refractivity contribution is 4.96. The molecule has 1 heteroatoms. The summed E-state index contributed by atoms with van der Waals surface area (Å²) in [4.78, 5) is 0. The molecule has 1 saturated heterocycles. The lowest BCUT2D eigenvalue weighted by Gasteiger charge is -2.07. The second-order valence-electron chi connectivity index (χ2n) is 4.69. The van der Waals surface area contributed by atoms with E-state index < -0.39 is 0 Å². The van der Waals surface area contributed by atoms with Gasteiger partial charge in [-0.3, -0.25) is 0 Å². The van der Waals surface area contributed by atoms with Gasteiger partial charge in [-0.2, -0.15) is 0 Å². The Hall–Kier alpha value is -0.0400. The van der Waals surface area contributed by atoms with Crippen molar-refractivity contribution in [1.29, 1.82) is 0 Å². The molecular weight excluding hydrogens is 134 g/mol. The minimum Gasteiger partial charge on any atom is -0.313 e. The summed E-state index contributed by atoms with van der Waals surface area (Å²) >= 11 is 0. The predicted octanol–water partition coefficient (Wildman–Crippen LogP) is 1.78. The molecule has 3 rings (SSSR count). The fourth-order valence-electron chi connectivity index (χ4n) is 2.58. The first-order chi connectivity index (χ1) is 5.43. The van der Waals surface area contributed by atoms with E-state index in [1.807, 2.05) is 0 Å². The SMILES string of the molecule is C1CC1[C@@H]1CN[C@H](C2CC2)C1. The molecule has 0 amide bonds. The maximum absolute atomic E-state index is 3.69. The standard InChI is InChI=1S/C10H17N/c1-2-7(1)9-5-10(11-6-9)8-3-4-8/h7-11H,1-6H2/t9-,10-/m0/s1. The molecule has 2 aliphatic carbocycles. The van der Waals surface area contributed by atoms with Crippen molar-refractivity contribution < 1.29 is 0 Å². The molecule has 1 heterocycles. The molecule has 2 atom stereocenters. The van der Waals surface area contributed by atoms with Gasteiger partial charge in [-0.05, 0) is 56.4 Å². The zero-order valence-electron chi connectivity index (χ0n) is 7.05. The van der Waals surface area contributed by atoms with Crippen LogP contribution in [0.15, 0.2) is 0 Å². The number of rotatable bonds is 2. The first-order valence-corrected chi connectivity index (χ1v) is 5.17. The van der Waals surface area contributed by atoms with Crippen LogP contribution in [0, 0.1) is 17.8 Å². The minimum atomic E-state index is 0.931. The van der Waals surface area contributed by atoms with E-state index in [0.717, 1.165) is 23.8 Å². The lowest BCUT2D eigenvalue weighted by Crippen LogP contribution is -2.23. The van der Waals surface area contributed by atoms with E-state index in [2.05, 4.69) is 5.32 Å². The average molecular weight is 151 g/mol. The second-order valence-corrected chi connectivity index (χ2v) is 4.69. The summed E-state index contributed by atoms with van der Waals surface area (Å²) in [5.74, 6) is 3.28. The molecule has 1 N–H and O–H groups in total.